The molecule has 1 aliphatic carbocycles. The van der Waals surface area contributed by atoms with E-state index >= 15 is 0 Å². The summed E-state index contributed by atoms with van der Waals surface area (Å²) in [5.41, 5.74) is 1.16. The molecule has 0 aromatic heterocycles. The number of hydrogen-bond acceptors (Lipinski definition) is 2. The SMILES string of the molecule is C[S+](C)[C@H]1C[C@H](C(=O)O)[C@@H](c2ccccc2)C[C@@H]1Br.C[Si](C)(C)[O-]. The van der Waals surface area contributed by atoms with E-state index in [0.29, 0.717) is 10.1 Å². The number of carboxylic acids is 1. The molecular weight excluding hydrogens is 404 g/mol. The van der Waals surface area contributed by atoms with Crippen LogP contribution in [0.4, 0.5) is 0 Å². The third-order valence-corrected chi connectivity index (χ3v) is 7.10. The Morgan fingerprint density at radius 2 is 1.71 bits per heavy atom. The lowest BCUT2D eigenvalue weighted by Gasteiger charge is -2.35. The molecule has 136 valence electrons. The molecule has 1 N–H and O–H groups in total. The maximum Gasteiger partial charge on any atom is 0.307 e. The standard InChI is InChI=1S/C15H19BrO2S.C3H9OSi/c1-19(2)14-9-12(15(17)18)11(8-13(14)16)10-6-4-3-5-7-10;1-5(2,3)4/h3-7,11-14H,8-9H2,1-2H3;1-3H3/q;-1/p+1/t11-,12+,13+,14+;/m1./s1. The Bertz CT molecular complexity index is 513. The van der Waals surface area contributed by atoms with E-state index in [4.69, 9.17) is 0 Å². The molecule has 2 rings (SSSR count). The Hall–Kier alpha value is -0.303. The van der Waals surface area contributed by atoms with Gasteiger partial charge in [0.2, 0.25) is 0 Å². The topological polar surface area (TPSA) is 60.4 Å². The van der Waals surface area contributed by atoms with Crippen LogP contribution in [0.15, 0.2) is 30.3 Å². The smallest absolute Gasteiger partial charge is 0.307 e. The molecule has 0 aliphatic heterocycles. The molecule has 1 fully saturated rings. The van der Waals surface area contributed by atoms with Crippen molar-refractivity contribution in [3.05, 3.63) is 35.9 Å². The van der Waals surface area contributed by atoms with Gasteiger partial charge in [0.25, 0.3) is 0 Å². The Balaban J connectivity index is 0.000000505. The van der Waals surface area contributed by atoms with Crippen molar-refractivity contribution < 1.29 is 14.7 Å². The van der Waals surface area contributed by atoms with E-state index < -0.39 is 14.3 Å². The fraction of sp³-hybridized carbons (Fsp3) is 0.611. The van der Waals surface area contributed by atoms with E-state index in [9.17, 15) is 14.7 Å². The van der Waals surface area contributed by atoms with Crippen LogP contribution in [0, 0.1) is 5.92 Å². The first-order valence-electron chi connectivity index (χ1n) is 8.19. The Kier molecular flexibility index (Phi) is 8.52. The average Bonchev–Trinajstić information content (AvgIpc) is 2.45. The first kappa shape index (κ1) is 21.7. The highest BCUT2D eigenvalue weighted by atomic mass is 79.9. The summed E-state index contributed by atoms with van der Waals surface area (Å²) in [6.07, 6.45) is 6.11. The first-order chi connectivity index (χ1) is 11.0. The van der Waals surface area contributed by atoms with Crippen molar-refractivity contribution in [1.29, 1.82) is 0 Å². The van der Waals surface area contributed by atoms with Crippen LogP contribution in [0.2, 0.25) is 19.6 Å². The molecule has 0 amide bonds. The lowest BCUT2D eigenvalue weighted by atomic mass is 9.75. The average molecular weight is 433 g/mol. The minimum atomic E-state index is -1.86. The van der Waals surface area contributed by atoms with Gasteiger partial charge in [-0.1, -0.05) is 74.2 Å². The Labute approximate surface area is 158 Å². The second-order valence-electron chi connectivity index (χ2n) is 7.48. The van der Waals surface area contributed by atoms with Gasteiger partial charge in [0, 0.05) is 6.42 Å². The summed E-state index contributed by atoms with van der Waals surface area (Å²) in [5, 5.41) is 10.0. The molecule has 1 aromatic carbocycles. The minimum absolute atomic E-state index is 0.128. The van der Waals surface area contributed by atoms with Crippen LogP contribution in [0.3, 0.4) is 0 Å². The number of benzene rings is 1. The van der Waals surface area contributed by atoms with Crippen LogP contribution in [0.1, 0.15) is 24.3 Å². The summed E-state index contributed by atoms with van der Waals surface area (Å²) in [6, 6.07) is 10.1. The highest BCUT2D eigenvalue weighted by molar-refractivity contribution is 9.09. The number of aliphatic carboxylic acids is 1. The lowest BCUT2D eigenvalue weighted by molar-refractivity contribution is -0.203. The molecule has 1 aliphatic rings. The van der Waals surface area contributed by atoms with E-state index in [0.717, 1.165) is 18.4 Å². The van der Waals surface area contributed by atoms with Gasteiger partial charge >= 0.3 is 5.97 Å². The number of alkyl halides is 1. The fourth-order valence-electron chi connectivity index (χ4n) is 2.95. The van der Waals surface area contributed by atoms with Gasteiger partial charge in [0.1, 0.15) is 5.25 Å². The zero-order valence-corrected chi connectivity index (χ0v) is 18.6. The van der Waals surface area contributed by atoms with Crippen LogP contribution < -0.4 is 4.80 Å². The molecule has 0 saturated heterocycles. The predicted octanol–water partition coefficient (Wildman–Crippen LogP) is 3.46. The maximum atomic E-state index is 11.6. The van der Waals surface area contributed by atoms with E-state index in [-0.39, 0.29) is 22.7 Å². The summed E-state index contributed by atoms with van der Waals surface area (Å²) in [4.78, 5) is 22.3. The summed E-state index contributed by atoms with van der Waals surface area (Å²) >= 11 is 3.78. The van der Waals surface area contributed by atoms with Crippen molar-refractivity contribution in [3.8, 4) is 0 Å². The highest BCUT2D eigenvalue weighted by Crippen LogP contribution is 2.42. The molecule has 6 heteroatoms. The van der Waals surface area contributed by atoms with Gasteiger partial charge in [0.15, 0.2) is 0 Å². The van der Waals surface area contributed by atoms with E-state index in [1.807, 2.05) is 18.2 Å². The quantitative estimate of drug-likeness (QED) is 0.451. The first-order valence-corrected chi connectivity index (χ1v) is 14.6. The van der Waals surface area contributed by atoms with Gasteiger partial charge in [-0.25, -0.2) is 0 Å². The van der Waals surface area contributed by atoms with Crippen molar-refractivity contribution in [2.45, 2.75) is 48.5 Å². The Morgan fingerprint density at radius 3 is 2.12 bits per heavy atom. The minimum Gasteiger partial charge on any atom is -0.859 e. The number of halogens is 1. The largest absolute Gasteiger partial charge is 0.859 e. The van der Waals surface area contributed by atoms with Crippen molar-refractivity contribution in [2.24, 2.45) is 5.92 Å². The van der Waals surface area contributed by atoms with Crippen molar-refractivity contribution >= 4 is 41.1 Å². The molecule has 0 unspecified atom stereocenters. The molecule has 0 radical (unpaired) electrons. The molecular formula is C18H29BrO3SSi. The van der Waals surface area contributed by atoms with E-state index in [1.165, 1.54) is 0 Å². The number of rotatable bonds is 3. The second-order valence-corrected chi connectivity index (χ2v) is 15.2. The van der Waals surface area contributed by atoms with Crippen LogP contribution in [-0.4, -0.2) is 42.0 Å². The van der Waals surface area contributed by atoms with Gasteiger partial charge in [-0.2, -0.15) is 0 Å². The fourth-order valence-corrected chi connectivity index (χ4v) is 6.16. The Morgan fingerprint density at radius 1 is 1.21 bits per heavy atom. The van der Waals surface area contributed by atoms with Gasteiger partial charge in [0.05, 0.1) is 23.3 Å². The van der Waals surface area contributed by atoms with Gasteiger partial charge < -0.3 is 9.90 Å². The van der Waals surface area contributed by atoms with Crippen LogP contribution >= 0.6 is 15.9 Å². The molecule has 0 spiro atoms. The summed E-state index contributed by atoms with van der Waals surface area (Å²) in [7, 11) is -1.61. The van der Waals surface area contributed by atoms with Crippen molar-refractivity contribution in [2.75, 3.05) is 12.5 Å². The molecule has 24 heavy (non-hydrogen) atoms. The zero-order chi connectivity index (χ0) is 18.5. The van der Waals surface area contributed by atoms with E-state index in [2.05, 4.69) is 40.6 Å². The third-order valence-electron chi connectivity index (χ3n) is 4.00. The predicted molar refractivity (Wildman–Crippen MR) is 109 cm³/mol. The van der Waals surface area contributed by atoms with Crippen LogP contribution in [0.25, 0.3) is 0 Å². The molecule has 4 atom stereocenters. The number of carbonyl (C=O) groups is 1. The van der Waals surface area contributed by atoms with Gasteiger partial charge in [-0.15, -0.1) is 0 Å². The molecule has 1 aromatic rings. The van der Waals surface area contributed by atoms with E-state index in [1.54, 1.807) is 19.6 Å². The van der Waals surface area contributed by atoms with Crippen molar-refractivity contribution in [3.63, 3.8) is 0 Å². The van der Waals surface area contributed by atoms with Gasteiger partial charge in [-0.3, -0.25) is 4.79 Å². The third kappa shape index (κ3) is 7.29. The molecule has 3 nitrogen and oxygen atoms in total. The zero-order valence-electron chi connectivity index (χ0n) is 15.2. The second kappa shape index (κ2) is 9.41. The van der Waals surface area contributed by atoms with Crippen LogP contribution in [0.5, 0.6) is 0 Å². The molecule has 0 bridgehead atoms. The summed E-state index contributed by atoms with van der Waals surface area (Å²) in [6.45, 7) is 5.31. The molecule has 0 heterocycles. The lowest BCUT2D eigenvalue weighted by Crippen LogP contribution is -2.42. The van der Waals surface area contributed by atoms with Crippen molar-refractivity contribution in [1.82, 2.24) is 0 Å². The van der Waals surface area contributed by atoms with Gasteiger partial charge in [-0.05, 0) is 28.8 Å². The number of carboxylic acid groups (broad SMARTS) is 1. The molecule has 1 saturated carbocycles. The summed E-state index contributed by atoms with van der Waals surface area (Å²) in [5.74, 6) is -0.775. The number of hydrogen-bond donors (Lipinski definition) is 1. The highest BCUT2D eigenvalue weighted by Gasteiger charge is 2.45. The monoisotopic (exact) mass is 432 g/mol. The maximum absolute atomic E-state index is 11.6. The normalized spacial score (nSPS) is 27.3. The summed E-state index contributed by atoms with van der Waals surface area (Å²) < 4.78 is 0. The van der Waals surface area contributed by atoms with Crippen LogP contribution in [-0.2, 0) is 15.7 Å².